The molecule has 0 aliphatic carbocycles. The van der Waals surface area contributed by atoms with Crippen LogP contribution in [0.3, 0.4) is 0 Å². The second-order valence-corrected chi connectivity index (χ2v) is 4.71. The van der Waals surface area contributed by atoms with Gasteiger partial charge in [-0.1, -0.05) is 11.6 Å². The number of rotatable bonds is 1. The Labute approximate surface area is 96.0 Å². The summed E-state index contributed by atoms with van der Waals surface area (Å²) < 4.78 is 2.88. The van der Waals surface area contributed by atoms with Crippen molar-refractivity contribution in [1.29, 1.82) is 0 Å². The summed E-state index contributed by atoms with van der Waals surface area (Å²) in [5.41, 5.74) is 1.08. The first kappa shape index (κ1) is 9.99. The van der Waals surface area contributed by atoms with Gasteiger partial charge in [-0.3, -0.25) is 4.68 Å². The molecule has 0 bridgehead atoms. The van der Waals surface area contributed by atoms with Gasteiger partial charge in [0.05, 0.1) is 16.7 Å². The molecule has 4 heteroatoms. The molecule has 2 aromatic rings. The molecule has 0 atom stereocenters. The zero-order valence-corrected chi connectivity index (χ0v) is 10.3. The van der Waals surface area contributed by atoms with Crippen LogP contribution in [-0.2, 0) is 0 Å². The van der Waals surface area contributed by atoms with Gasteiger partial charge in [-0.25, -0.2) is 0 Å². The van der Waals surface area contributed by atoms with Crippen molar-refractivity contribution in [3.05, 3.63) is 27.8 Å². The number of hydrogen-bond acceptors (Lipinski definition) is 1. The Balaban J connectivity index is 2.77. The highest BCUT2D eigenvalue weighted by Gasteiger charge is 2.09. The minimum absolute atomic E-state index is 0.352. The summed E-state index contributed by atoms with van der Waals surface area (Å²) in [6.45, 7) is 4.20. The van der Waals surface area contributed by atoms with Crippen LogP contribution in [0.5, 0.6) is 0 Å². The number of benzene rings is 1. The van der Waals surface area contributed by atoms with Gasteiger partial charge in [0.2, 0.25) is 0 Å². The minimum Gasteiger partial charge on any atom is -0.262 e. The third kappa shape index (κ3) is 1.44. The summed E-state index contributed by atoms with van der Waals surface area (Å²) in [7, 11) is 0. The largest absolute Gasteiger partial charge is 0.262 e. The highest BCUT2D eigenvalue weighted by molar-refractivity contribution is 9.10. The number of halogens is 2. The zero-order valence-electron chi connectivity index (χ0n) is 7.96. The number of nitrogens with zero attached hydrogens (tertiary/aromatic N) is 2. The van der Waals surface area contributed by atoms with E-state index in [0.29, 0.717) is 6.04 Å². The number of hydrogen-bond donors (Lipinski definition) is 0. The van der Waals surface area contributed by atoms with E-state index in [2.05, 4.69) is 34.9 Å². The monoisotopic (exact) mass is 272 g/mol. The third-order valence-electron chi connectivity index (χ3n) is 2.16. The third-order valence-corrected chi connectivity index (χ3v) is 3.45. The fourth-order valence-electron chi connectivity index (χ4n) is 1.47. The van der Waals surface area contributed by atoms with Gasteiger partial charge < -0.3 is 0 Å². The Morgan fingerprint density at radius 2 is 2.14 bits per heavy atom. The summed E-state index contributed by atoms with van der Waals surface area (Å²) >= 11 is 9.54. The van der Waals surface area contributed by atoms with Crippen LogP contribution >= 0.6 is 27.5 Å². The van der Waals surface area contributed by atoms with Crippen LogP contribution in [0.4, 0.5) is 0 Å². The standard InChI is InChI=1S/C10H10BrClN2/c1-6(2)14-9-4-3-8(11)10(12)7(9)5-13-14/h3-6H,1-2H3. The lowest BCUT2D eigenvalue weighted by atomic mass is 10.2. The lowest BCUT2D eigenvalue weighted by Crippen LogP contribution is -2.01. The van der Waals surface area contributed by atoms with E-state index < -0.39 is 0 Å². The maximum Gasteiger partial charge on any atom is 0.0701 e. The molecule has 2 nitrogen and oxygen atoms in total. The molecule has 0 saturated carbocycles. The topological polar surface area (TPSA) is 17.8 Å². The maximum atomic E-state index is 6.14. The highest BCUT2D eigenvalue weighted by atomic mass is 79.9. The zero-order chi connectivity index (χ0) is 10.3. The Morgan fingerprint density at radius 1 is 1.43 bits per heavy atom. The first-order valence-corrected chi connectivity index (χ1v) is 5.59. The molecule has 0 aliphatic rings. The Kier molecular flexibility index (Phi) is 2.54. The van der Waals surface area contributed by atoms with Gasteiger partial charge in [-0.05, 0) is 41.9 Å². The molecular formula is C10H10BrClN2. The SMILES string of the molecule is CC(C)n1ncc2c(Cl)c(Br)ccc21. The Hall–Kier alpha value is -0.540. The molecule has 0 saturated heterocycles. The van der Waals surface area contributed by atoms with E-state index in [1.165, 1.54) is 0 Å². The lowest BCUT2D eigenvalue weighted by Gasteiger charge is -2.07. The summed E-state index contributed by atoms with van der Waals surface area (Å²) in [6.07, 6.45) is 1.81. The fourth-order valence-corrected chi connectivity index (χ4v) is 2.03. The van der Waals surface area contributed by atoms with Crippen molar-refractivity contribution < 1.29 is 0 Å². The molecule has 74 valence electrons. The van der Waals surface area contributed by atoms with Gasteiger partial charge >= 0.3 is 0 Å². The van der Waals surface area contributed by atoms with Crippen LogP contribution in [0, 0.1) is 0 Å². The average molecular weight is 274 g/mol. The van der Waals surface area contributed by atoms with Crippen LogP contribution in [0.2, 0.25) is 5.02 Å². The summed E-state index contributed by atoms with van der Waals surface area (Å²) in [5.74, 6) is 0. The van der Waals surface area contributed by atoms with Crippen molar-refractivity contribution in [3.63, 3.8) is 0 Å². The second kappa shape index (κ2) is 3.55. The molecule has 1 aromatic carbocycles. The van der Waals surface area contributed by atoms with Crippen molar-refractivity contribution in [2.45, 2.75) is 19.9 Å². The molecule has 1 aromatic heterocycles. The van der Waals surface area contributed by atoms with Crippen LogP contribution in [0.1, 0.15) is 19.9 Å². The van der Waals surface area contributed by atoms with Crippen molar-refractivity contribution >= 4 is 38.4 Å². The molecule has 0 unspecified atom stereocenters. The van der Waals surface area contributed by atoms with Crippen LogP contribution in [0.25, 0.3) is 10.9 Å². The summed E-state index contributed by atoms with van der Waals surface area (Å²) in [6, 6.07) is 4.33. The van der Waals surface area contributed by atoms with Crippen molar-refractivity contribution in [3.8, 4) is 0 Å². The van der Waals surface area contributed by atoms with Gasteiger partial charge in [-0.2, -0.15) is 5.10 Å². The van der Waals surface area contributed by atoms with E-state index in [4.69, 9.17) is 11.6 Å². The Morgan fingerprint density at radius 3 is 2.79 bits per heavy atom. The van der Waals surface area contributed by atoms with Gasteiger partial charge in [0.15, 0.2) is 0 Å². The molecule has 0 spiro atoms. The van der Waals surface area contributed by atoms with Gasteiger partial charge in [0, 0.05) is 15.9 Å². The quantitative estimate of drug-likeness (QED) is 0.767. The molecule has 1 heterocycles. The van der Waals surface area contributed by atoms with Gasteiger partial charge in [-0.15, -0.1) is 0 Å². The van der Waals surface area contributed by atoms with E-state index in [0.717, 1.165) is 20.4 Å². The molecule has 0 amide bonds. The van der Waals surface area contributed by atoms with Crippen molar-refractivity contribution in [2.24, 2.45) is 0 Å². The predicted molar refractivity (Wildman–Crippen MR) is 62.8 cm³/mol. The summed E-state index contributed by atoms with van der Waals surface area (Å²) in [4.78, 5) is 0. The smallest absolute Gasteiger partial charge is 0.0701 e. The van der Waals surface area contributed by atoms with Crippen LogP contribution < -0.4 is 0 Å². The molecule has 0 fully saturated rings. The Bertz CT molecular complexity index is 476. The van der Waals surface area contributed by atoms with Crippen LogP contribution in [0.15, 0.2) is 22.8 Å². The molecule has 0 N–H and O–H groups in total. The van der Waals surface area contributed by atoms with Crippen molar-refractivity contribution in [2.75, 3.05) is 0 Å². The second-order valence-electron chi connectivity index (χ2n) is 3.48. The van der Waals surface area contributed by atoms with E-state index in [1.54, 1.807) is 0 Å². The fraction of sp³-hybridized carbons (Fsp3) is 0.300. The van der Waals surface area contributed by atoms with Gasteiger partial charge in [0.1, 0.15) is 0 Å². The molecule has 2 rings (SSSR count). The predicted octanol–water partition coefficient (Wildman–Crippen LogP) is 4.03. The normalized spacial score (nSPS) is 11.5. The average Bonchev–Trinajstić information content (AvgIpc) is 2.55. The number of fused-ring (bicyclic) bond motifs is 1. The summed E-state index contributed by atoms with van der Waals surface area (Å²) in [5, 5.41) is 6.03. The van der Waals surface area contributed by atoms with E-state index in [9.17, 15) is 0 Å². The van der Waals surface area contributed by atoms with Crippen LogP contribution in [-0.4, -0.2) is 9.78 Å². The number of aromatic nitrogens is 2. The maximum absolute atomic E-state index is 6.14. The first-order valence-electron chi connectivity index (χ1n) is 4.42. The minimum atomic E-state index is 0.352. The van der Waals surface area contributed by atoms with Gasteiger partial charge in [0.25, 0.3) is 0 Å². The van der Waals surface area contributed by atoms with E-state index in [1.807, 2.05) is 23.0 Å². The molecule has 14 heavy (non-hydrogen) atoms. The highest BCUT2D eigenvalue weighted by Crippen LogP contribution is 2.31. The molecule has 0 aliphatic heterocycles. The van der Waals surface area contributed by atoms with E-state index in [-0.39, 0.29) is 0 Å². The molecular weight excluding hydrogens is 263 g/mol. The van der Waals surface area contributed by atoms with Crippen molar-refractivity contribution in [1.82, 2.24) is 9.78 Å². The first-order chi connectivity index (χ1) is 6.61. The molecule has 0 radical (unpaired) electrons. The lowest BCUT2D eigenvalue weighted by molar-refractivity contribution is 0.551. The van der Waals surface area contributed by atoms with E-state index >= 15 is 0 Å².